The number of piperidine rings is 1. The Labute approximate surface area is 302 Å². The minimum atomic E-state index is -0.588. The van der Waals surface area contributed by atoms with Crippen molar-refractivity contribution in [2.24, 2.45) is 5.92 Å². The van der Waals surface area contributed by atoms with E-state index in [0.29, 0.717) is 55.2 Å². The summed E-state index contributed by atoms with van der Waals surface area (Å²) in [6, 6.07) is 15.9. The summed E-state index contributed by atoms with van der Waals surface area (Å²) in [7, 11) is 0. The molecular weight excluding hydrogens is 646 g/mol. The van der Waals surface area contributed by atoms with Gasteiger partial charge in [-0.25, -0.2) is 14.6 Å². The summed E-state index contributed by atoms with van der Waals surface area (Å²) in [5.41, 5.74) is 3.57. The maximum absolute atomic E-state index is 13.1. The fourth-order valence-electron chi connectivity index (χ4n) is 6.57. The van der Waals surface area contributed by atoms with E-state index in [4.69, 9.17) is 28.7 Å². The highest BCUT2D eigenvalue weighted by molar-refractivity contribution is 5.88. The van der Waals surface area contributed by atoms with Crippen molar-refractivity contribution < 1.29 is 33.3 Å². The molecule has 1 N–H and O–H groups in total. The van der Waals surface area contributed by atoms with E-state index in [2.05, 4.69) is 18.3 Å². The first kappa shape index (κ1) is 36.3. The van der Waals surface area contributed by atoms with Crippen LogP contribution < -0.4 is 19.5 Å². The minimum Gasteiger partial charge on any atom is -0.494 e. The lowest BCUT2D eigenvalue weighted by Crippen LogP contribution is -2.42. The van der Waals surface area contributed by atoms with E-state index in [1.54, 1.807) is 4.90 Å². The molecule has 6 rings (SSSR count). The minimum absolute atomic E-state index is 0.0126. The van der Waals surface area contributed by atoms with Crippen molar-refractivity contribution in [3.8, 4) is 28.5 Å². The molecule has 1 saturated carbocycles. The van der Waals surface area contributed by atoms with Gasteiger partial charge < -0.3 is 28.6 Å². The number of pyridine rings is 1. The number of nitrogens with zero attached hydrogens (tertiary/aromatic N) is 2. The second-order valence-corrected chi connectivity index (χ2v) is 15.0. The molecule has 2 amide bonds. The number of benzene rings is 2. The van der Waals surface area contributed by atoms with E-state index in [9.17, 15) is 9.59 Å². The van der Waals surface area contributed by atoms with Gasteiger partial charge in [-0.05, 0) is 100 Å². The lowest BCUT2D eigenvalue weighted by Gasteiger charge is -2.35. The van der Waals surface area contributed by atoms with Gasteiger partial charge in [0, 0.05) is 24.6 Å². The number of nitrogens with one attached hydrogen (secondary N) is 1. The number of hydrogen-bond acceptors (Lipinski definition) is 8. The van der Waals surface area contributed by atoms with Crippen molar-refractivity contribution in [1.29, 1.82) is 0 Å². The smallest absolute Gasteiger partial charge is 0.413 e. The van der Waals surface area contributed by atoms with Crippen LogP contribution in [0.3, 0.4) is 0 Å². The third kappa shape index (κ3) is 10.1. The number of fused-ring (bicyclic) bond motifs is 1. The lowest BCUT2D eigenvalue weighted by atomic mass is 9.87. The Morgan fingerprint density at radius 3 is 2.49 bits per heavy atom. The molecule has 2 aliphatic heterocycles. The molecule has 1 saturated heterocycles. The Balaban J connectivity index is 1.26. The molecule has 1 atom stereocenters. The molecule has 3 heterocycles. The number of carbonyl (C=O) groups is 2. The fourth-order valence-corrected chi connectivity index (χ4v) is 6.57. The molecule has 274 valence electrons. The van der Waals surface area contributed by atoms with Crippen LogP contribution in [-0.2, 0) is 22.7 Å². The number of hydrogen-bond donors (Lipinski definition) is 1. The van der Waals surface area contributed by atoms with Crippen LogP contribution in [0.4, 0.5) is 15.4 Å². The van der Waals surface area contributed by atoms with E-state index in [1.807, 2.05) is 63.2 Å². The zero-order valence-corrected chi connectivity index (χ0v) is 30.6. The molecule has 2 aromatic carbocycles. The quantitative estimate of drug-likeness (QED) is 0.156. The topological polar surface area (TPSA) is 108 Å². The lowest BCUT2D eigenvalue weighted by molar-refractivity contribution is 0.0198. The monoisotopic (exact) mass is 699 g/mol. The molecule has 3 aromatic rings. The summed E-state index contributed by atoms with van der Waals surface area (Å²) in [5, 5.41) is 2.83. The molecule has 1 aromatic heterocycles. The maximum Gasteiger partial charge on any atom is 0.413 e. The van der Waals surface area contributed by atoms with E-state index in [0.717, 1.165) is 66.7 Å². The number of likely N-dealkylation sites (tertiary alicyclic amines) is 1. The Bertz CT molecular complexity index is 1650. The number of anilines is 1. The Morgan fingerprint density at radius 1 is 0.980 bits per heavy atom. The van der Waals surface area contributed by atoms with E-state index in [-0.39, 0.29) is 18.6 Å². The van der Waals surface area contributed by atoms with Crippen molar-refractivity contribution >= 4 is 18.0 Å². The van der Waals surface area contributed by atoms with Gasteiger partial charge in [0.15, 0.2) is 0 Å². The SMILES string of the molecule is CCCCCCCOc1ccc(COc2cccc(OCC3CC3)c2-c2cc([C@H]3CCCN(C(=O)OC(C)(C)C)C3)c3c(n2)NC(=O)OC3)cc1. The first-order valence-corrected chi connectivity index (χ1v) is 18.7. The summed E-state index contributed by atoms with van der Waals surface area (Å²) < 4.78 is 30.1. The number of cyclic esters (lactones) is 1. The highest BCUT2D eigenvalue weighted by Gasteiger charge is 2.33. The summed E-state index contributed by atoms with van der Waals surface area (Å²) in [4.78, 5) is 32.3. The van der Waals surface area contributed by atoms with Gasteiger partial charge in [0.2, 0.25) is 0 Å². The van der Waals surface area contributed by atoms with E-state index >= 15 is 0 Å². The first-order chi connectivity index (χ1) is 24.7. The largest absolute Gasteiger partial charge is 0.494 e. The zero-order chi connectivity index (χ0) is 35.8. The van der Waals surface area contributed by atoms with Crippen molar-refractivity contribution in [1.82, 2.24) is 9.88 Å². The predicted octanol–water partition coefficient (Wildman–Crippen LogP) is 9.64. The van der Waals surface area contributed by atoms with Crippen LogP contribution in [0, 0.1) is 5.92 Å². The van der Waals surface area contributed by atoms with Crippen LogP contribution in [0.2, 0.25) is 0 Å². The molecule has 2 fully saturated rings. The van der Waals surface area contributed by atoms with Crippen LogP contribution in [0.1, 0.15) is 108 Å². The van der Waals surface area contributed by atoms with Crippen molar-refractivity contribution in [3.63, 3.8) is 0 Å². The molecule has 0 unspecified atom stereocenters. The Morgan fingerprint density at radius 2 is 1.75 bits per heavy atom. The average molecular weight is 700 g/mol. The van der Waals surface area contributed by atoms with E-state index < -0.39 is 11.7 Å². The normalized spacial score (nSPS) is 17.2. The Kier molecular flexibility index (Phi) is 11.9. The summed E-state index contributed by atoms with van der Waals surface area (Å²) in [5.74, 6) is 3.15. The van der Waals surface area contributed by atoms with Crippen molar-refractivity contribution in [2.45, 2.75) is 110 Å². The number of ether oxygens (including phenoxy) is 5. The standard InChI is InChI=1S/C41H53N3O7/c1-5-6-7-8-9-22-47-31-19-17-29(18-20-31)26-49-36-14-10-13-35(48-25-28-15-16-28)37(36)34-23-32(33-27-50-39(45)43-38(33)42-34)30-12-11-21-44(24-30)40(46)51-41(2,3)4/h10,13-14,17-20,23,28,30H,5-9,11-12,15-16,21-22,24-27H2,1-4H3,(H,42,43,45)/t30-/m0/s1. The number of unbranched alkanes of at least 4 members (excludes halogenated alkanes) is 4. The first-order valence-electron chi connectivity index (χ1n) is 18.7. The summed E-state index contributed by atoms with van der Waals surface area (Å²) >= 11 is 0. The molecule has 0 radical (unpaired) electrons. The number of carbonyl (C=O) groups excluding carboxylic acids is 2. The highest BCUT2D eigenvalue weighted by atomic mass is 16.6. The second-order valence-electron chi connectivity index (χ2n) is 15.0. The summed E-state index contributed by atoms with van der Waals surface area (Å²) in [6.45, 7) is 10.7. The van der Waals surface area contributed by atoms with E-state index in [1.165, 1.54) is 25.7 Å². The highest BCUT2D eigenvalue weighted by Crippen LogP contribution is 2.43. The van der Waals surface area contributed by atoms with Crippen LogP contribution in [0.15, 0.2) is 48.5 Å². The van der Waals surface area contributed by atoms with Crippen LogP contribution in [-0.4, -0.2) is 54.0 Å². The number of rotatable bonds is 15. The van der Waals surface area contributed by atoms with Gasteiger partial charge in [0.25, 0.3) is 0 Å². The summed E-state index contributed by atoms with van der Waals surface area (Å²) in [6.07, 6.45) is 9.15. The molecule has 10 heteroatoms. The molecule has 51 heavy (non-hydrogen) atoms. The third-order valence-electron chi connectivity index (χ3n) is 9.49. The van der Waals surface area contributed by atoms with Gasteiger partial charge in [0.05, 0.1) is 24.5 Å². The van der Waals surface area contributed by atoms with Gasteiger partial charge in [-0.3, -0.25) is 5.32 Å². The molecule has 1 aliphatic carbocycles. The second kappa shape index (κ2) is 16.7. The van der Waals surface area contributed by atoms with Crippen LogP contribution in [0.5, 0.6) is 17.2 Å². The molecule has 3 aliphatic rings. The van der Waals surface area contributed by atoms with Crippen LogP contribution in [0.25, 0.3) is 11.3 Å². The maximum atomic E-state index is 13.1. The van der Waals surface area contributed by atoms with Gasteiger partial charge in [-0.15, -0.1) is 0 Å². The van der Waals surface area contributed by atoms with Gasteiger partial charge >= 0.3 is 12.2 Å². The van der Waals surface area contributed by atoms with Gasteiger partial charge in [-0.2, -0.15) is 0 Å². The Hall–Kier alpha value is -4.47. The number of aromatic nitrogens is 1. The van der Waals surface area contributed by atoms with Gasteiger partial charge in [-0.1, -0.05) is 50.8 Å². The average Bonchev–Trinajstić information content (AvgIpc) is 3.95. The molecule has 0 bridgehead atoms. The number of amides is 2. The molecule has 10 nitrogen and oxygen atoms in total. The van der Waals surface area contributed by atoms with Crippen LogP contribution >= 0.6 is 0 Å². The zero-order valence-electron chi connectivity index (χ0n) is 30.6. The van der Waals surface area contributed by atoms with Crippen molar-refractivity contribution in [3.05, 3.63) is 65.2 Å². The predicted molar refractivity (Wildman–Crippen MR) is 197 cm³/mol. The molecular formula is C41H53N3O7. The third-order valence-corrected chi connectivity index (χ3v) is 9.49. The van der Waals surface area contributed by atoms with Gasteiger partial charge in [0.1, 0.15) is 41.9 Å². The molecule has 0 spiro atoms. The fraction of sp³-hybridized carbons (Fsp3) is 0.537. The van der Waals surface area contributed by atoms with Crippen molar-refractivity contribution in [2.75, 3.05) is 31.6 Å².